The molecule has 0 unspecified atom stereocenters. The predicted molar refractivity (Wildman–Crippen MR) is 113 cm³/mol. The van der Waals surface area contributed by atoms with Crippen molar-refractivity contribution in [2.75, 3.05) is 41.0 Å². The largest absolute Gasteiger partial charge is 0.497 e. The van der Waals surface area contributed by atoms with Crippen molar-refractivity contribution < 1.29 is 19.0 Å². The van der Waals surface area contributed by atoms with Crippen molar-refractivity contribution >= 4 is 5.91 Å². The van der Waals surface area contributed by atoms with E-state index < -0.39 is 0 Å². The molecule has 6 heteroatoms. The summed E-state index contributed by atoms with van der Waals surface area (Å²) in [7, 11) is 4.98. The summed E-state index contributed by atoms with van der Waals surface area (Å²) >= 11 is 0. The van der Waals surface area contributed by atoms with Crippen LogP contribution in [0.15, 0.2) is 42.5 Å². The summed E-state index contributed by atoms with van der Waals surface area (Å²) in [5, 5.41) is 3.04. The highest BCUT2D eigenvalue weighted by atomic mass is 16.5. The number of carbonyl (C=O) groups is 1. The molecular formula is C23H30N2O4. The van der Waals surface area contributed by atoms with Gasteiger partial charge in [-0.25, -0.2) is 0 Å². The first kappa shape index (κ1) is 21.0. The van der Waals surface area contributed by atoms with Crippen LogP contribution in [-0.2, 0) is 11.2 Å². The Balaban J connectivity index is 1.57. The molecule has 0 radical (unpaired) electrons. The number of nitrogens with one attached hydrogen (secondary N) is 1. The molecule has 1 aliphatic heterocycles. The van der Waals surface area contributed by atoms with Crippen LogP contribution in [0.2, 0.25) is 0 Å². The molecule has 0 saturated carbocycles. The van der Waals surface area contributed by atoms with E-state index in [1.54, 1.807) is 21.3 Å². The third kappa shape index (κ3) is 5.21. The summed E-state index contributed by atoms with van der Waals surface area (Å²) in [6.45, 7) is 1.87. The smallest absolute Gasteiger partial charge is 0.234 e. The van der Waals surface area contributed by atoms with Crippen LogP contribution in [0.5, 0.6) is 17.2 Å². The van der Waals surface area contributed by atoms with Gasteiger partial charge in [-0.05, 0) is 43.5 Å². The van der Waals surface area contributed by atoms with Gasteiger partial charge in [-0.15, -0.1) is 0 Å². The average Bonchev–Trinajstić information content (AvgIpc) is 3.21. The number of benzene rings is 2. The number of para-hydroxylation sites is 1. The fourth-order valence-electron chi connectivity index (χ4n) is 3.95. The molecule has 156 valence electrons. The second-order valence-electron chi connectivity index (χ2n) is 7.15. The highest BCUT2D eigenvalue weighted by Gasteiger charge is 2.29. The summed E-state index contributed by atoms with van der Waals surface area (Å²) in [4.78, 5) is 14.8. The molecule has 1 N–H and O–H groups in total. The summed E-state index contributed by atoms with van der Waals surface area (Å²) in [5.74, 6) is 2.47. The number of methoxy groups -OCH3 is 3. The van der Waals surface area contributed by atoms with Crippen molar-refractivity contribution in [3.63, 3.8) is 0 Å². The zero-order valence-corrected chi connectivity index (χ0v) is 17.4. The van der Waals surface area contributed by atoms with Crippen LogP contribution < -0.4 is 19.5 Å². The molecule has 0 spiro atoms. The topological polar surface area (TPSA) is 60.0 Å². The average molecular weight is 399 g/mol. The summed E-state index contributed by atoms with van der Waals surface area (Å²) in [6, 6.07) is 14.0. The molecule has 1 atom stereocenters. The minimum atomic E-state index is 0.0410. The second-order valence-corrected chi connectivity index (χ2v) is 7.15. The zero-order chi connectivity index (χ0) is 20.6. The monoisotopic (exact) mass is 398 g/mol. The molecule has 29 heavy (non-hydrogen) atoms. The SMILES string of the molecule is COc1ccc([C@H]2CCCN2CC(=O)NCCc2ccccc2OC)c(OC)c1. The maximum Gasteiger partial charge on any atom is 0.234 e. The lowest BCUT2D eigenvalue weighted by molar-refractivity contribution is -0.122. The fraction of sp³-hybridized carbons (Fsp3) is 0.435. The van der Waals surface area contributed by atoms with Gasteiger partial charge < -0.3 is 19.5 Å². The molecule has 0 aliphatic carbocycles. The first-order chi connectivity index (χ1) is 14.2. The highest BCUT2D eigenvalue weighted by molar-refractivity contribution is 5.78. The quantitative estimate of drug-likeness (QED) is 0.703. The predicted octanol–water partition coefficient (Wildman–Crippen LogP) is 3.21. The van der Waals surface area contributed by atoms with Gasteiger partial charge in [0.1, 0.15) is 17.2 Å². The van der Waals surface area contributed by atoms with Gasteiger partial charge in [-0.1, -0.05) is 24.3 Å². The van der Waals surface area contributed by atoms with Gasteiger partial charge in [0.2, 0.25) is 5.91 Å². The number of nitrogens with zero attached hydrogens (tertiary/aromatic N) is 1. The van der Waals surface area contributed by atoms with Crippen molar-refractivity contribution in [3.8, 4) is 17.2 Å². The van der Waals surface area contributed by atoms with Gasteiger partial charge >= 0.3 is 0 Å². The van der Waals surface area contributed by atoms with E-state index in [4.69, 9.17) is 14.2 Å². The van der Waals surface area contributed by atoms with Gasteiger partial charge in [-0.3, -0.25) is 9.69 Å². The molecule has 0 bridgehead atoms. The number of likely N-dealkylation sites (tertiary alicyclic amines) is 1. The summed E-state index contributed by atoms with van der Waals surface area (Å²) in [6.07, 6.45) is 2.82. The van der Waals surface area contributed by atoms with Gasteiger partial charge in [-0.2, -0.15) is 0 Å². The Bertz CT molecular complexity index is 824. The summed E-state index contributed by atoms with van der Waals surface area (Å²) < 4.78 is 16.2. The van der Waals surface area contributed by atoms with Crippen LogP contribution in [0.3, 0.4) is 0 Å². The molecule has 3 rings (SSSR count). The van der Waals surface area contributed by atoms with E-state index >= 15 is 0 Å². The minimum Gasteiger partial charge on any atom is -0.497 e. The molecule has 2 aromatic rings. The normalized spacial score (nSPS) is 16.4. The lowest BCUT2D eigenvalue weighted by Gasteiger charge is -2.26. The van der Waals surface area contributed by atoms with Crippen LogP contribution in [0.1, 0.15) is 30.0 Å². The highest BCUT2D eigenvalue weighted by Crippen LogP contribution is 2.38. The van der Waals surface area contributed by atoms with Crippen molar-refractivity contribution in [2.24, 2.45) is 0 Å². The third-order valence-electron chi connectivity index (χ3n) is 5.42. The molecule has 1 amide bonds. The third-order valence-corrected chi connectivity index (χ3v) is 5.42. The minimum absolute atomic E-state index is 0.0410. The Hall–Kier alpha value is -2.73. The zero-order valence-electron chi connectivity index (χ0n) is 17.4. The van der Waals surface area contributed by atoms with Crippen molar-refractivity contribution in [1.82, 2.24) is 10.2 Å². The van der Waals surface area contributed by atoms with Crippen LogP contribution in [0.4, 0.5) is 0 Å². The van der Waals surface area contributed by atoms with Gasteiger partial charge in [0.15, 0.2) is 0 Å². The lowest BCUT2D eigenvalue weighted by Crippen LogP contribution is -2.37. The number of hydrogen-bond acceptors (Lipinski definition) is 5. The first-order valence-electron chi connectivity index (χ1n) is 10.0. The van der Waals surface area contributed by atoms with Crippen LogP contribution in [-0.4, -0.2) is 51.8 Å². The molecular weight excluding hydrogens is 368 g/mol. The molecule has 6 nitrogen and oxygen atoms in total. The number of ether oxygens (including phenoxy) is 3. The Morgan fingerprint density at radius 1 is 1.07 bits per heavy atom. The Morgan fingerprint density at radius 2 is 1.86 bits per heavy atom. The maximum absolute atomic E-state index is 12.5. The van der Waals surface area contributed by atoms with Crippen molar-refractivity contribution in [1.29, 1.82) is 0 Å². The number of rotatable bonds is 9. The fourth-order valence-corrected chi connectivity index (χ4v) is 3.95. The van der Waals surface area contributed by atoms with Crippen LogP contribution in [0.25, 0.3) is 0 Å². The maximum atomic E-state index is 12.5. The standard InChI is InChI=1S/C23H30N2O4/c1-27-18-10-11-19(22(15-18)29-3)20-8-6-14-25(20)16-23(26)24-13-12-17-7-4-5-9-21(17)28-2/h4-5,7,9-11,15,20H,6,8,12-14,16H2,1-3H3,(H,24,26)/t20-/m1/s1. The van der Waals surface area contributed by atoms with Gasteiger partial charge in [0, 0.05) is 24.2 Å². The van der Waals surface area contributed by atoms with E-state index in [1.807, 2.05) is 42.5 Å². The molecule has 1 fully saturated rings. The number of hydrogen-bond donors (Lipinski definition) is 1. The first-order valence-corrected chi connectivity index (χ1v) is 10.0. The van der Waals surface area contributed by atoms with Crippen LogP contribution in [0, 0.1) is 0 Å². The van der Waals surface area contributed by atoms with E-state index in [2.05, 4.69) is 10.2 Å². The van der Waals surface area contributed by atoms with E-state index in [1.165, 1.54) is 0 Å². The van der Waals surface area contributed by atoms with Crippen LogP contribution >= 0.6 is 0 Å². The number of amides is 1. The van der Waals surface area contributed by atoms with Gasteiger partial charge in [0.25, 0.3) is 0 Å². The number of carbonyl (C=O) groups excluding carboxylic acids is 1. The lowest BCUT2D eigenvalue weighted by atomic mass is 10.0. The Morgan fingerprint density at radius 3 is 2.62 bits per heavy atom. The van der Waals surface area contributed by atoms with E-state index in [9.17, 15) is 4.79 Å². The Labute approximate surface area is 172 Å². The second kappa shape index (κ2) is 10.2. The molecule has 1 aliphatic rings. The molecule has 2 aromatic carbocycles. The van der Waals surface area contributed by atoms with E-state index in [-0.39, 0.29) is 11.9 Å². The molecule has 1 heterocycles. The van der Waals surface area contributed by atoms with Crippen molar-refractivity contribution in [3.05, 3.63) is 53.6 Å². The van der Waals surface area contributed by atoms with Gasteiger partial charge in [0.05, 0.1) is 27.9 Å². The van der Waals surface area contributed by atoms with E-state index in [0.29, 0.717) is 13.1 Å². The molecule has 0 aromatic heterocycles. The van der Waals surface area contributed by atoms with Crippen molar-refractivity contribution in [2.45, 2.75) is 25.3 Å². The Kier molecular flexibility index (Phi) is 7.36. The molecule has 1 saturated heterocycles. The van der Waals surface area contributed by atoms with E-state index in [0.717, 1.165) is 54.2 Å². The summed E-state index contributed by atoms with van der Waals surface area (Å²) in [5.41, 5.74) is 2.20.